The van der Waals surface area contributed by atoms with Crippen molar-refractivity contribution in [1.29, 1.82) is 0 Å². The van der Waals surface area contributed by atoms with Crippen LogP contribution in [0, 0.1) is 0 Å². The van der Waals surface area contributed by atoms with Gasteiger partial charge in [-0.2, -0.15) is 0 Å². The second-order valence-electron chi connectivity index (χ2n) is 2.77. The summed E-state index contributed by atoms with van der Waals surface area (Å²) in [6, 6.07) is 0. The summed E-state index contributed by atoms with van der Waals surface area (Å²) in [5.74, 6) is -2.04. The maximum absolute atomic E-state index is 9.33. The van der Waals surface area contributed by atoms with E-state index in [-0.39, 0.29) is 6.61 Å². The summed E-state index contributed by atoms with van der Waals surface area (Å²) in [7, 11) is 0. The Bertz CT molecular complexity index is 166. The first-order chi connectivity index (χ1) is 5.51. The van der Waals surface area contributed by atoms with Gasteiger partial charge in [-0.1, -0.05) is 15.9 Å². The van der Waals surface area contributed by atoms with Gasteiger partial charge in [-0.3, -0.25) is 0 Å². The van der Waals surface area contributed by atoms with E-state index in [0.717, 1.165) is 0 Å². The van der Waals surface area contributed by atoms with E-state index in [0.29, 0.717) is 0 Å². The summed E-state index contributed by atoms with van der Waals surface area (Å²) in [4.78, 5) is -0.431. The molecule has 0 saturated carbocycles. The van der Waals surface area contributed by atoms with E-state index >= 15 is 0 Å². The van der Waals surface area contributed by atoms with Crippen molar-refractivity contribution in [3.05, 3.63) is 0 Å². The van der Waals surface area contributed by atoms with E-state index in [1.165, 1.54) is 0 Å². The number of aliphatic hydroxyl groups is 4. The smallest absolute Gasteiger partial charge is 0.218 e. The Morgan fingerprint density at radius 2 is 2.08 bits per heavy atom. The van der Waals surface area contributed by atoms with Crippen molar-refractivity contribution >= 4 is 15.9 Å². The van der Waals surface area contributed by atoms with Crippen molar-refractivity contribution in [2.75, 3.05) is 13.2 Å². The fourth-order valence-corrected chi connectivity index (χ4v) is 1.43. The number of hydrogen-bond donors (Lipinski definition) is 4. The average molecular weight is 243 g/mol. The molecule has 1 heterocycles. The molecule has 4 N–H and O–H groups in total. The molecule has 0 spiro atoms. The molecule has 12 heavy (non-hydrogen) atoms. The van der Waals surface area contributed by atoms with Crippen LogP contribution in [0.3, 0.4) is 0 Å². The lowest BCUT2D eigenvalue weighted by atomic mass is 10.00. The SMILES string of the molecule is OC[C@@]1(O)OC[C@H](Br)[C@@H](O)[C@@H]1O. The minimum absolute atomic E-state index is 0.0370. The lowest BCUT2D eigenvalue weighted by Gasteiger charge is -2.40. The molecule has 0 aliphatic carbocycles. The maximum Gasteiger partial charge on any atom is 0.218 e. The van der Waals surface area contributed by atoms with Crippen molar-refractivity contribution in [2.24, 2.45) is 0 Å². The molecule has 5 nitrogen and oxygen atoms in total. The second-order valence-corrected chi connectivity index (χ2v) is 3.94. The van der Waals surface area contributed by atoms with E-state index in [1.807, 2.05) is 0 Å². The zero-order valence-electron chi connectivity index (χ0n) is 6.22. The molecule has 0 bridgehead atoms. The molecule has 0 aromatic heterocycles. The van der Waals surface area contributed by atoms with Gasteiger partial charge in [-0.15, -0.1) is 0 Å². The number of halogens is 1. The monoisotopic (exact) mass is 242 g/mol. The normalized spacial score (nSPS) is 49.2. The number of hydrogen-bond acceptors (Lipinski definition) is 5. The van der Waals surface area contributed by atoms with Gasteiger partial charge in [-0.05, 0) is 0 Å². The molecule has 1 saturated heterocycles. The first kappa shape index (κ1) is 10.4. The minimum Gasteiger partial charge on any atom is -0.391 e. The minimum atomic E-state index is -2.04. The van der Waals surface area contributed by atoms with Gasteiger partial charge in [0.2, 0.25) is 5.79 Å². The Labute approximate surface area is 77.7 Å². The van der Waals surface area contributed by atoms with Gasteiger partial charge in [0.15, 0.2) is 0 Å². The molecule has 0 amide bonds. The maximum atomic E-state index is 9.33. The van der Waals surface area contributed by atoms with Crippen LogP contribution in [-0.2, 0) is 4.74 Å². The van der Waals surface area contributed by atoms with Crippen LogP contribution in [0.15, 0.2) is 0 Å². The van der Waals surface area contributed by atoms with Crippen molar-refractivity contribution in [3.8, 4) is 0 Å². The standard InChI is InChI=1S/C6H11BrO5/c7-3-1-12-6(11,2-8)5(10)4(3)9/h3-5,8-11H,1-2H2/t3-,4+,5-,6+/m0/s1. The fourth-order valence-electron chi connectivity index (χ4n) is 1.01. The Morgan fingerprint density at radius 3 is 2.58 bits per heavy atom. The molecule has 1 rings (SSSR count). The summed E-state index contributed by atoms with van der Waals surface area (Å²) < 4.78 is 4.76. The number of ether oxygens (including phenoxy) is 1. The van der Waals surface area contributed by atoms with Gasteiger partial charge in [0.05, 0.1) is 24.1 Å². The average Bonchev–Trinajstić information content (AvgIpc) is 2.09. The summed E-state index contributed by atoms with van der Waals surface area (Å²) in [5, 5.41) is 36.5. The third-order valence-corrected chi connectivity index (χ3v) is 2.68. The molecular weight excluding hydrogens is 232 g/mol. The molecule has 0 unspecified atom stereocenters. The van der Waals surface area contributed by atoms with Gasteiger partial charge in [0.1, 0.15) is 6.10 Å². The van der Waals surface area contributed by atoms with Crippen LogP contribution in [0.1, 0.15) is 0 Å². The van der Waals surface area contributed by atoms with Crippen molar-refractivity contribution < 1.29 is 25.2 Å². The highest BCUT2D eigenvalue weighted by Crippen LogP contribution is 2.26. The van der Waals surface area contributed by atoms with Crippen LogP contribution in [0.25, 0.3) is 0 Å². The van der Waals surface area contributed by atoms with Gasteiger partial charge in [-0.25, -0.2) is 0 Å². The molecule has 0 radical (unpaired) electrons. The van der Waals surface area contributed by atoms with E-state index in [2.05, 4.69) is 15.9 Å². The molecular formula is C6H11BrO5. The van der Waals surface area contributed by atoms with Crippen LogP contribution in [-0.4, -0.2) is 56.5 Å². The van der Waals surface area contributed by atoms with Crippen LogP contribution in [0.5, 0.6) is 0 Å². The zero-order chi connectivity index (χ0) is 9.35. The lowest BCUT2D eigenvalue weighted by molar-refractivity contribution is -0.309. The first-order valence-corrected chi connectivity index (χ1v) is 4.40. The molecule has 0 aromatic carbocycles. The van der Waals surface area contributed by atoms with Gasteiger partial charge >= 0.3 is 0 Å². The van der Waals surface area contributed by atoms with Crippen LogP contribution in [0.2, 0.25) is 0 Å². The Morgan fingerprint density at radius 1 is 1.50 bits per heavy atom. The molecule has 1 fully saturated rings. The summed E-state index contributed by atoms with van der Waals surface area (Å²) in [6.07, 6.45) is -2.64. The first-order valence-electron chi connectivity index (χ1n) is 3.48. The van der Waals surface area contributed by atoms with Crippen molar-refractivity contribution in [1.82, 2.24) is 0 Å². The van der Waals surface area contributed by atoms with Gasteiger partial charge < -0.3 is 25.2 Å². The zero-order valence-corrected chi connectivity index (χ0v) is 7.81. The highest BCUT2D eigenvalue weighted by Gasteiger charge is 2.47. The van der Waals surface area contributed by atoms with Gasteiger partial charge in [0.25, 0.3) is 0 Å². The fraction of sp³-hybridized carbons (Fsp3) is 1.00. The molecule has 6 heteroatoms. The largest absolute Gasteiger partial charge is 0.391 e. The summed E-state index contributed by atoms with van der Waals surface area (Å²) in [5.41, 5.74) is 0. The predicted octanol–water partition coefficient (Wildman–Crippen LogP) is -1.82. The van der Waals surface area contributed by atoms with Crippen molar-refractivity contribution in [3.63, 3.8) is 0 Å². The van der Waals surface area contributed by atoms with Crippen LogP contribution in [0.4, 0.5) is 0 Å². The highest BCUT2D eigenvalue weighted by molar-refractivity contribution is 9.09. The second kappa shape index (κ2) is 3.57. The molecule has 1 aliphatic heterocycles. The molecule has 4 atom stereocenters. The number of rotatable bonds is 1. The predicted molar refractivity (Wildman–Crippen MR) is 42.7 cm³/mol. The lowest BCUT2D eigenvalue weighted by Crippen LogP contribution is -2.61. The molecule has 0 aromatic rings. The third-order valence-electron chi connectivity index (χ3n) is 1.88. The van der Waals surface area contributed by atoms with E-state index < -0.39 is 29.4 Å². The van der Waals surface area contributed by atoms with E-state index in [9.17, 15) is 15.3 Å². The third kappa shape index (κ3) is 1.63. The number of alkyl halides is 1. The summed E-state index contributed by atoms with van der Waals surface area (Å²) >= 11 is 3.05. The Kier molecular flexibility index (Phi) is 3.08. The van der Waals surface area contributed by atoms with Crippen molar-refractivity contribution in [2.45, 2.75) is 22.8 Å². The van der Waals surface area contributed by atoms with E-state index in [1.54, 1.807) is 0 Å². The molecule has 72 valence electrons. The number of aliphatic hydroxyl groups excluding tert-OH is 3. The Hall–Kier alpha value is 0.280. The molecule has 1 aliphatic rings. The quantitative estimate of drug-likeness (QED) is 0.407. The van der Waals surface area contributed by atoms with Crippen LogP contribution < -0.4 is 0 Å². The highest BCUT2D eigenvalue weighted by atomic mass is 79.9. The van der Waals surface area contributed by atoms with Crippen LogP contribution >= 0.6 is 15.9 Å². The Balaban J connectivity index is 2.71. The van der Waals surface area contributed by atoms with Gasteiger partial charge in [0, 0.05) is 0 Å². The topological polar surface area (TPSA) is 90.2 Å². The van der Waals surface area contributed by atoms with E-state index in [4.69, 9.17) is 9.84 Å². The summed E-state index contributed by atoms with van der Waals surface area (Å²) in [6.45, 7) is -0.708.